The van der Waals surface area contributed by atoms with Gasteiger partial charge in [-0.2, -0.15) is 0 Å². The van der Waals surface area contributed by atoms with Crippen LogP contribution in [0.5, 0.6) is 0 Å². The molecule has 0 aromatic rings. The van der Waals surface area contributed by atoms with E-state index in [0.717, 1.165) is 6.54 Å². The van der Waals surface area contributed by atoms with Crippen molar-refractivity contribution in [3.05, 3.63) is 0 Å². The van der Waals surface area contributed by atoms with Crippen LogP contribution in [0, 0.1) is 0 Å². The van der Waals surface area contributed by atoms with E-state index in [1.165, 1.54) is 32.4 Å². The standard InChI is InChI=1S/C13H27N3O/c1-4-14-13(17)12(3)15-11(2)10-16-8-6-5-7-9-16/h11-12,15H,4-10H2,1-3H3,(H,14,17). The van der Waals surface area contributed by atoms with Crippen molar-refractivity contribution in [2.75, 3.05) is 26.2 Å². The van der Waals surface area contributed by atoms with Gasteiger partial charge in [-0.3, -0.25) is 4.79 Å². The van der Waals surface area contributed by atoms with Gasteiger partial charge in [0.15, 0.2) is 0 Å². The molecule has 1 aliphatic rings. The molecule has 0 spiro atoms. The van der Waals surface area contributed by atoms with Crippen molar-refractivity contribution in [1.82, 2.24) is 15.5 Å². The van der Waals surface area contributed by atoms with E-state index in [1.54, 1.807) is 0 Å². The molecule has 0 radical (unpaired) electrons. The molecule has 0 aromatic carbocycles. The summed E-state index contributed by atoms with van der Waals surface area (Å²) in [5.41, 5.74) is 0. The smallest absolute Gasteiger partial charge is 0.236 e. The lowest BCUT2D eigenvalue weighted by Crippen LogP contribution is -2.49. The molecular weight excluding hydrogens is 214 g/mol. The number of hydrogen-bond donors (Lipinski definition) is 2. The zero-order valence-electron chi connectivity index (χ0n) is 11.5. The predicted molar refractivity (Wildman–Crippen MR) is 71.0 cm³/mol. The zero-order chi connectivity index (χ0) is 12.7. The van der Waals surface area contributed by atoms with Gasteiger partial charge in [0.05, 0.1) is 6.04 Å². The minimum Gasteiger partial charge on any atom is -0.355 e. The number of likely N-dealkylation sites (tertiary alicyclic amines) is 1. The SMILES string of the molecule is CCNC(=O)C(C)NC(C)CN1CCCCC1. The lowest BCUT2D eigenvalue weighted by atomic mass is 10.1. The topological polar surface area (TPSA) is 44.4 Å². The molecule has 1 heterocycles. The van der Waals surface area contributed by atoms with Gasteiger partial charge < -0.3 is 15.5 Å². The molecule has 4 heteroatoms. The van der Waals surface area contributed by atoms with Crippen LogP contribution in [0.15, 0.2) is 0 Å². The highest BCUT2D eigenvalue weighted by Gasteiger charge is 2.17. The minimum absolute atomic E-state index is 0.0954. The number of amides is 1. The number of carbonyl (C=O) groups excluding carboxylic acids is 1. The van der Waals surface area contributed by atoms with E-state index in [-0.39, 0.29) is 11.9 Å². The van der Waals surface area contributed by atoms with E-state index < -0.39 is 0 Å². The monoisotopic (exact) mass is 241 g/mol. The Morgan fingerprint density at radius 3 is 2.47 bits per heavy atom. The van der Waals surface area contributed by atoms with Gasteiger partial charge in [-0.1, -0.05) is 6.42 Å². The number of likely N-dealkylation sites (N-methyl/N-ethyl adjacent to an activating group) is 1. The molecule has 2 atom stereocenters. The highest BCUT2D eigenvalue weighted by Crippen LogP contribution is 2.08. The first kappa shape index (κ1) is 14.5. The number of piperidine rings is 1. The van der Waals surface area contributed by atoms with Gasteiger partial charge in [0.25, 0.3) is 0 Å². The average molecular weight is 241 g/mol. The molecule has 1 amide bonds. The molecule has 100 valence electrons. The van der Waals surface area contributed by atoms with E-state index in [2.05, 4.69) is 22.5 Å². The molecule has 1 fully saturated rings. The second-order valence-corrected chi connectivity index (χ2v) is 5.05. The number of nitrogens with zero attached hydrogens (tertiary/aromatic N) is 1. The van der Waals surface area contributed by atoms with Crippen LogP contribution in [0.25, 0.3) is 0 Å². The fraction of sp³-hybridized carbons (Fsp3) is 0.923. The van der Waals surface area contributed by atoms with Crippen LogP contribution >= 0.6 is 0 Å². The predicted octanol–water partition coefficient (Wildman–Crippen LogP) is 0.975. The number of hydrogen-bond acceptors (Lipinski definition) is 3. The van der Waals surface area contributed by atoms with Crippen LogP contribution in [0.3, 0.4) is 0 Å². The third kappa shape index (κ3) is 5.50. The van der Waals surface area contributed by atoms with Crippen molar-refractivity contribution in [1.29, 1.82) is 0 Å². The summed E-state index contributed by atoms with van der Waals surface area (Å²) in [4.78, 5) is 14.1. The van der Waals surface area contributed by atoms with Crippen LogP contribution < -0.4 is 10.6 Å². The van der Waals surface area contributed by atoms with E-state index in [9.17, 15) is 4.79 Å². The zero-order valence-corrected chi connectivity index (χ0v) is 11.5. The molecule has 0 aliphatic carbocycles. The summed E-state index contributed by atoms with van der Waals surface area (Å²) >= 11 is 0. The Kier molecular flexibility index (Phi) is 6.52. The molecule has 2 N–H and O–H groups in total. The van der Waals surface area contributed by atoms with Crippen LogP contribution in [0.4, 0.5) is 0 Å². The summed E-state index contributed by atoms with van der Waals surface area (Å²) in [6.07, 6.45) is 4.00. The van der Waals surface area contributed by atoms with Gasteiger partial charge in [0.1, 0.15) is 0 Å². The quantitative estimate of drug-likeness (QED) is 0.728. The van der Waals surface area contributed by atoms with Crippen LogP contribution in [0.1, 0.15) is 40.0 Å². The molecule has 4 nitrogen and oxygen atoms in total. The Morgan fingerprint density at radius 2 is 1.88 bits per heavy atom. The molecule has 17 heavy (non-hydrogen) atoms. The largest absolute Gasteiger partial charge is 0.355 e. The fourth-order valence-electron chi connectivity index (χ4n) is 2.41. The Morgan fingerprint density at radius 1 is 1.24 bits per heavy atom. The molecule has 1 saturated heterocycles. The fourth-order valence-corrected chi connectivity index (χ4v) is 2.41. The first-order valence-corrected chi connectivity index (χ1v) is 6.89. The third-order valence-electron chi connectivity index (χ3n) is 3.26. The van der Waals surface area contributed by atoms with E-state index in [1.807, 2.05) is 13.8 Å². The Labute approximate surface area is 105 Å². The van der Waals surface area contributed by atoms with Gasteiger partial charge in [-0.25, -0.2) is 0 Å². The Bertz CT molecular complexity index is 227. The summed E-state index contributed by atoms with van der Waals surface area (Å²) < 4.78 is 0. The van der Waals surface area contributed by atoms with E-state index >= 15 is 0 Å². The molecule has 0 saturated carbocycles. The number of nitrogens with one attached hydrogen (secondary N) is 2. The lowest BCUT2D eigenvalue weighted by molar-refractivity contribution is -0.122. The highest BCUT2D eigenvalue weighted by atomic mass is 16.2. The van der Waals surface area contributed by atoms with Crippen molar-refractivity contribution >= 4 is 5.91 Å². The molecule has 0 bridgehead atoms. The first-order chi connectivity index (χ1) is 8.13. The maximum absolute atomic E-state index is 11.6. The Balaban J connectivity index is 2.22. The van der Waals surface area contributed by atoms with Crippen LogP contribution in [-0.2, 0) is 4.79 Å². The van der Waals surface area contributed by atoms with Gasteiger partial charge >= 0.3 is 0 Å². The summed E-state index contributed by atoms with van der Waals surface area (Å²) in [6, 6.07) is 0.264. The second-order valence-electron chi connectivity index (χ2n) is 5.05. The van der Waals surface area contributed by atoms with Crippen molar-refractivity contribution in [2.45, 2.75) is 52.1 Å². The average Bonchev–Trinajstić information content (AvgIpc) is 2.30. The molecule has 2 unspecified atom stereocenters. The van der Waals surface area contributed by atoms with Crippen LogP contribution in [0.2, 0.25) is 0 Å². The van der Waals surface area contributed by atoms with Gasteiger partial charge in [0, 0.05) is 19.1 Å². The normalized spacial score (nSPS) is 20.9. The summed E-state index contributed by atoms with van der Waals surface area (Å²) in [5, 5.41) is 6.20. The van der Waals surface area contributed by atoms with Gasteiger partial charge in [0.2, 0.25) is 5.91 Å². The molecule has 0 aromatic heterocycles. The van der Waals surface area contributed by atoms with Crippen molar-refractivity contribution in [3.63, 3.8) is 0 Å². The van der Waals surface area contributed by atoms with Crippen LogP contribution in [-0.4, -0.2) is 49.1 Å². The van der Waals surface area contributed by atoms with Crippen molar-refractivity contribution in [3.8, 4) is 0 Å². The highest BCUT2D eigenvalue weighted by molar-refractivity contribution is 5.81. The summed E-state index contributed by atoms with van der Waals surface area (Å²) in [5.74, 6) is 0.0954. The maximum Gasteiger partial charge on any atom is 0.236 e. The minimum atomic E-state index is -0.102. The third-order valence-corrected chi connectivity index (χ3v) is 3.26. The number of carbonyl (C=O) groups is 1. The number of rotatable bonds is 6. The van der Waals surface area contributed by atoms with Crippen molar-refractivity contribution in [2.24, 2.45) is 0 Å². The maximum atomic E-state index is 11.6. The van der Waals surface area contributed by atoms with Gasteiger partial charge in [-0.15, -0.1) is 0 Å². The lowest BCUT2D eigenvalue weighted by Gasteiger charge is -2.30. The van der Waals surface area contributed by atoms with Gasteiger partial charge in [-0.05, 0) is 46.7 Å². The first-order valence-electron chi connectivity index (χ1n) is 6.89. The summed E-state index contributed by atoms with van der Waals surface area (Å²) in [7, 11) is 0. The molecule has 1 rings (SSSR count). The van der Waals surface area contributed by atoms with E-state index in [4.69, 9.17) is 0 Å². The van der Waals surface area contributed by atoms with E-state index in [0.29, 0.717) is 12.6 Å². The van der Waals surface area contributed by atoms with Crippen molar-refractivity contribution < 1.29 is 4.79 Å². The Hall–Kier alpha value is -0.610. The summed E-state index contributed by atoms with van der Waals surface area (Å²) in [6.45, 7) is 10.2. The molecular formula is C13H27N3O. The molecule has 1 aliphatic heterocycles. The second kappa shape index (κ2) is 7.67.